The molecule has 0 radical (unpaired) electrons. The minimum Gasteiger partial charge on any atom is -0.508 e. The van der Waals surface area contributed by atoms with Crippen LogP contribution in [0.1, 0.15) is 5.56 Å². The first-order valence-corrected chi connectivity index (χ1v) is 8.46. The average Bonchev–Trinajstić information content (AvgIpc) is 3.06. The molecule has 26 heavy (non-hydrogen) atoms. The molecule has 0 aliphatic heterocycles. The highest BCUT2D eigenvalue weighted by molar-refractivity contribution is 7.20. The summed E-state index contributed by atoms with van der Waals surface area (Å²) in [5, 5.41) is 17.2. The number of anilines is 2. The van der Waals surface area contributed by atoms with Crippen LogP contribution in [0.5, 0.6) is 5.75 Å². The molecule has 8 heteroatoms. The van der Waals surface area contributed by atoms with Gasteiger partial charge in [-0.3, -0.25) is 10.7 Å². The predicted molar refractivity (Wildman–Crippen MR) is 103 cm³/mol. The number of benzene rings is 2. The molecular weight excluding hydrogens is 352 g/mol. The van der Waals surface area contributed by atoms with Crippen molar-refractivity contribution >= 4 is 33.8 Å². The maximum atomic E-state index is 11.6. The molecule has 1 aromatic heterocycles. The van der Waals surface area contributed by atoms with Crippen molar-refractivity contribution in [2.24, 2.45) is 5.10 Å². The highest BCUT2D eigenvalue weighted by Crippen LogP contribution is 2.35. The number of phenolic OH excluding ortho intramolecular Hbond substituents is 1. The second-order valence-electron chi connectivity index (χ2n) is 5.14. The van der Waals surface area contributed by atoms with Gasteiger partial charge in [-0.2, -0.15) is 5.10 Å². The van der Waals surface area contributed by atoms with Crippen LogP contribution in [0, 0.1) is 0 Å². The number of methoxy groups -OCH3 is 1. The molecule has 7 nitrogen and oxygen atoms in total. The van der Waals surface area contributed by atoms with Crippen LogP contribution < -0.4 is 10.7 Å². The number of thiazole rings is 1. The molecule has 0 unspecified atom stereocenters. The number of amides is 1. The zero-order valence-corrected chi connectivity index (χ0v) is 14.7. The van der Waals surface area contributed by atoms with E-state index in [0.717, 1.165) is 11.1 Å². The number of carbonyl (C=O) groups excluding carboxylic acids is 1. The van der Waals surface area contributed by atoms with Gasteiger partial charge in [0.05, 0.1) is 13.3 Å². The Morgan fingerprint density at radius 2 is 1.92 bits per heavy atom. The van der Waals surface area contributed by atoms with Gasteiger partial charge in [0.1, 0.15) is 16.4 Å². The van der Waals surface area contributed by atoms with Gasteiger partial charge in [0, 0.05) is 5.56 Å². The number of hydrogen-bond acceptors (Lipinski definition) is 7. The summed E-state index contributed by atoms with van der Waals surface area (Å²) in [6, 6.07) is 16.1. The van der Waals surface area contributed by atoms with Gasteiger partial charge >= 0.3 is 6.09 Å². The number of aromatic nitrogens is 1. The fourth-order valence-corrected chi connectivity index (χ4v) is 2.93. The summed E-state index contributed by atoms with van der Waals surface area (Å²) in [5.74, 6) is 0.195. The van der Waals surface area contributed by atoms with Crippen LogP contribution in [-0.4, -0.2) is 29.5 Å². The summed E-state index contributed by atoms with van der Waals surface area (Å²) in [6.45, 7) is 0. The normalized spacial score (nSPS) is 10.7. The van der Waals surface area contributed by atoms with E-state index < -0.39 is 6.09 Å². The van der Waals surface area contributed by atoms with Gasteiger partial charge in [-0.25, -0.2) is 9.78 Å². The number of phenols is 1. The molecule has 1 heterocycles. The Kier molecular flexibility index (Phi) is 5.45. The Morgan fingerprint density at radius 1 is 1.19 bits per heavy atom. The molecular formula is C18H16N4O3S. The third-order valence-electron chi connectivity index (χ3n) is 3.34. The topological polar surface area (TPSA) is 95.8 Å². The number of hydrogen-bond donors (Lipinski definition) is 3. The van der Waals surface area contributed by atoms with Crippen molar-refractivity contribution in [3.05, 3.63) is 60.2 Å². The Hall–Kier alpha value is -3.39. The Morgan fingerprint density at radius 3 is 2.62 bits per heavy atom. The van der Waals surface area contributed by atoms with E-state index in [4.69, 9.17) is 0 Å². The monoisotopic (exact) mass is 368 g/mol. The fourth-order valence-electron chi connectivity index (χ4n) is 2.11. The highest BCUT2D eigenvalue weighted by Gasteiger charge is 2.15. The molecule has 2 aromatic carbocycles. The summed E-state index contributed by atoms with van der Waals surface area (Å²) in [6.07, 6.45) is 1.04. The smallest absolute Gasteiger partial charge is 0.412 e. The maximum Gasteiger partial charge on any atom is 0.412 e. The summed E-state index contributed by atoms with van der Waals surface area (Å²) in [7, 11) is 1.31. The van der Waals surface area contributed by atoms with Gasteiger partial charge in [0.2, 0.25) is 5.13 Å². The zero-order chi connectivity index (χ0) is 18.4. The SMILES string of the molecule is COC(=O)Nc1sc(N/N=C\c2ccc(O)cc2)nc1-c1ccccc1. The summed E-state index contributed by atoms with van der Waals surface area (Å²) >= 11 is 1.25. The standard InChI is InChI=1S/C18H16N4O3S/c1-25-18(24)21-16-15(13-5-3-2-4-6-13)20-17(26-16)22-19-11-12-7-9-14(23)10-8-12/h2-11,23H,1H3,(H,20,22)(H,21,24)/b19-11-. The average molecular weight is 368 g/mol. The predicted octanol–water partition coefficient (Wildman–Crippen LogP) is 4.14. The Balaban J connectivity index is 1.81. The van der Waals surface area contributed by atoms with Gasteiger partial charge in [-0.1, -0.05) is 41.7 Å². The molecule has 1 amide bonds. The number of nitrogens with one attached hydrogen (secondary N) is 2. The van der Waals surface area contributed by atoms with E-state index in [1.165, 1.54) is 18.4 Å². The molecule has 3 N–H and O–H groups in total. The number of hydrazone groups is 1. The molecule has 132 valence electrons. The second-order valence-corrected chi connectivity index (χ2v) is 6.14. The highest BCUT2D eigenvalue weighted by atomic mass is 32.1. The van der Waals surface area contributed by atoms with Crippen LogP contribution in [0.15, 0.2) is 59.7 Å². The lowest BCUT2D eigenvalue weighted by atomic mass is 10.2. The van der Waals surface area contributed by atoms with Crippen LogP contribution in [0.3, 0.4) is 0 Å². The van der Waals surface area contributed by atoms with Crippen molar-refractivity contribution in [3.8, 4) is 17.0 Å². The Bertz CT molecular complexity index is 908. The van der Waals surface area contributed by atoms with Gasteiger partial charge in [0.15, 0.2) is 0 Å². The first-order valence-electron chi connectivity index (χ1n) is 7.65. The lowest BCUT2D eigenvalue weighted by Crippen LogP contribution is -2.10. The number of aromatic hydroxyl groups is 1. The third-order valence-corrected chi connectivity index (χ3v) is 4.22. The summed E-state index contributed by atoms with van der Waals surface area (Å²) in [5.41, 5.74) is 5.17. The van der Waals surface area contributed by atoms with Crippen molar-refractivity contribution in [1.29, 1.82) is 0 Å². The maximum absolute atomic E-state index is 11.6. The van der Waals surface area contributed by atoms with Gasteiger partial charge in [-0.15, -0.1) is 0 Å². The lowest BCUT2D eigenvalue weighted by Gasteiger charge is -2.03. The molecule has 0 spiro atoms. The van der Waals surface area contributed by atoms with Crippen molar-refractivity contribution in [2.45, 2.75) is 0 Å². The summed E-state index contributed by atoms with van der Waals surface area (Å²) < 4.78 is 4.66. The van der Waals surface area contributed by atoms with E-state index in [-0.39, 0.29) is 5.75 Å². The van der Waals surface area contributed by atoms with Crippen LogP contribution in [0.4, 0.5) is 14.9 Å². The van der Waals surface area contributed by atoms with E-state index in [9.17, 15) is 9.90 Å². The van der Waals surface area contributed by atoms with Gasteiger partial charge in [0.25, 0.3) is 0 Å². The molecule has 0 saturated heterocycles. The van der Waals surface area contributed by atoms with Crippen LogP contribution in [-0.2, 0) is 4.74 Å². The molecule has 0 aliphatic rings. The second kappa shape index (κ2) is 8.13. The largest absolute Gasteiger partial charge is 0.508 e. The van der Waals surface area contributed by atoms with Crippen molar-refractivity contribution in [2.75, 3.05) is 17.9 Å². The van der Waals surface area contributed by atoms with Gasteiger partial charge < -0.3 is 9.84 Å². The minimum absolute atomic E-state index is 0.195. The van der Waals surface area contributed by atoms with E-state index in [0.29, 0.717) is 15.8 Å². The molecule has 3 aromatic rings. The van der Waals surface area contributed by atoms with Crippen molar-refractivity contribution in [1.82, 2.24) is 4.98 Å². The molecule has 0 fully saturated rings. The van der Waals surface area contributed by atoms with Crippen LogP contribution >= 0.6 is 11.3 Å². The van der Waals surface area contributed by atoms with E-state index in [1.54, 1.807) is 30.5 Å². The molecule has 3 rings (SSSR count). The van der Waals surface area contributed by atoms with Crippen molar-refractivity contribution in [3.63, 3.8) is 0 Å². The van der Waals surface area contributed by atoms with Gasteiger partial charge in [-0.05, 0) is 29.8 Å². The van der Waals surface area contributed by atoms with E-state index in [1.807, 2.05) is 30.3 Å². The molecule has 0 bridgehead atoms. The fraction of sp³-hybridized carbons (Fsp3) is 0.0556. The molecule has 0 saturated carbocycles. The van der Waals surface area contributed by atoms with Crippen molar-refractivity contribution < 1.29 is 14.6 Å². The number of ether oxygens (including phenoxy) is 1. The zero-order valence-electron chi connectivity index (χ0n) is 13.8. The number of carbonyl (C=O) groups is 1. The summed E-state index contributed by atoms with van der Waals surface area (Å²) in [4.78, 5) is 16.1. The first-order chi connectivity index (χ1) is 12.7. The quantitative estimate of drug-likeness (QED) is 0.465. The molecule has 0 aliphatic carbocycles. The lowest BCUT2D eigenvalue weighted by molar-refractivity contribution is 0.187. The van der Waals surface area contributed by atoms with Crippen LogP contribution in [0.25, 0.3) is 11.3 Å². The number of nitrogens with zero attached hydrogens (tertiary/aromatic N) is 2. The van der Waals surface area contributed by atoms with Crippen LogP contribution in [0.2, 0.25) is 0 Å². The Labute approximate surface area is 154 Å². The number of rotatable bonds is 5. The van der Waals surface area contributed by atoms with E-state index in [2.05, 4.69) is 25.6 Å². The third kappa shape index (κ3) is 4.37. The molecule has 0 atom stereocenters. The first kappa shape index (κ1) is 17.4. The minimum atomic E-state index is -0.565. The van der Waals surface area contributed by atoms with E-state index >= 15 is 0 Å².